The van der Waals surface area contributed by atoms with E-state index >= 15 is 0 Å². The van der Waals surface area contributed by atoms with E-state index in [-0.39, 0.29) is 0 Å². The Hall–Kier alpha value is -4.92. The van der Waals surface area contributed by atoms with Gasteiger partial charge in [-0.1, -0.05) is 30.3 Å². The van der Waals surface area contributed by atoms with Crippen LogP contribution in [0.4, 0.5) is 0 Å². The molecule has 35 heavy (non-hydrogen) atoms. The minimum Gasteiger partial charge on any atom is -0.457 e. The summed E-state index contributed by atoms with van der Waals surface area (Å²) < 4.78 is 9.64. The number of aromatic amines is 1. The van der Waals surface area contributed by atoms with Crippen LogP contribution in [0.2, 0.25) is 0 Å². The highest BCUT2D eigenvalue weighted by Crippen LogP contribution is 2.27. The smallest absolute Gasteiger partial charge is 0.345 e. The summed E-state index contributed by atoms with van der Waals surface area (Å²) in [6, 6.07) is 23.0. The van der Waals surface area contributed by atoms with Crippen LogP contribution in [0.15, 0.2) is 106 Å². The molecular weight excluding hydrogens is 446 g/mol. The minimum absolute atomic E-state index is 0.292. The van der Waals surface area contributed by atoms with Crippen molar-refractivity contribution in [1.29, 1.82) is 0 Å². The zero-order valence-corrected chi connectivity index (χ0v) is 18.8. The lowest BCUT2D eigenvalue weighted by Gasteiger charge is -2.15. The predicted molar refractivity (Wildman–Crippen MR) is 131 cm³/mol. The van der Waals surface area contributed by atoms with E-state index in [1.807, 2.05) is 43.3 Å². The third-order valence-electron chi connectivity index (χ3n) is 5.43. The fourth-order valence-electron chi connectivity index (χ4n) is 3.81. The molecule has 0 spiro atoms. The number of rotatable bonds is 6. The van der Waals surface area contributed by atoms with Gasteiger partial charge >= 0.3 is 17.1 Å². The molecular formula is C26H21N5O4. The fraction of sp³-hybridized carbons (Fsp3) is 0.0769. The van der Waals surface area contributed by atoms with Crippen molar-refractivity contribution >= 4 is 0 Å². The summed E-state index contributed by atoms with van der Waals surface area (Å²) in [4.78, 5) is 41.0. The number of nitrogens with zero attached hydrogens (tertiary/aromatic N) is 4. The highest BCUT2D eigenvalue weighted by molar-refractivity contribution is 5.46. The van der Waals surface area contributed by atoms with E-state index in [1.165, 1.54) is 0 Å². The molecule has 174 valence electrons. The van der Waals surface area contributed by atoms with Crippen LogP contribution >= 0.6 is 0 Å². The Morgan fingerprint density at radius 3 is 2.26 bits per heavy atom. The molecule has 9 nitrogen and oxygen atoms in total. The Bertz CT molecular complexity index is 1670. The highest BCUT2D eigenvalue weighted by atomic mass is 16.5. The molecule has 0 saturated carbocycles. The van der Waals surface area contributed by atoms with Crippen LogP contribution in [0.25, 0.3) is 11.4 Å². The largest absolute Gasteiger partial charge is 0.457 e. The molecule has 0 amide bonds. The van der Waals surface area contributed by atoms with Crippen molar-refractivity contribution in [1.82, 2.24) is 23.9 Å². The van der Waals surface area contributed by atoms with Gasteiger partial charge in [0.1, 0.15) is 11.5 Å². The Morgan fingerprint density at radius 1 is 0.829 bits per heavy atom. The lowest BCUT2D eigenvalue weighted by atomic mass is 10.1. The van der Waals surface area contributed by atoms with Gasteiger partial charge in [0.2, 0.25) is 0 Å². The average Bonchev–Trinajstić information content (AvgIpc) is 3.34. The molecule has 5 aromatic rings. The van der Waals surface area contributed by atoms with Crippen LogP contribution in [-0.4, -0.2) is 23.9 Å². The molecule has 0 bridgehead atoms. The van der Waals surface area contributed by atoms with Crippen molar-refractivity contribution in [3.8, 4) is 22.9 Å². The van der Waals surface area contributed by atoms with Gasteiger partial charge in [0.25, 0.3) is 0 Å². The van der Waals surface area contributed by atoms with E-state index in [4.69, 9.17) is 4.74 Å². The molecule has 0 aliphatic rings. The maximum absolute atomic E-state index is 13.4. The van der Waals surface area contributed by atoms with Gasteiger partial charge in [0.15, 0.2) is 0 Å². The Balaban J connectivity index is 1.66. The molecule has 9 heteroatoms. The van der Waals surface area contributed by atoms with E-state index in [1.54, 1.807) is 59.5 Å². The lowest BCUT2D eigenvalue weighted by molar-refractivity contribution is 0.472. The quantitative estimate of drug-likeness (QED) is 0.413. The van der Waals surface area contributed by atoms with Gasteiger partial charge in [-0.2, -0.15) is 5.10 Å². The number of para-hydroxylation sites is 1. The molecule has 0 fully saturated rings. The number of ether oxygens (including phenoxy) is 1. The number of aryl methyl sites for hydroxylation is 1. The second-order valence-corrected chi connectivity index (χ2v) is 7.94. The minimum atomic E-state index is -0.828. The van der Waals surface area contributed by atoms with Gasteiger partial charge < -0.3 is 4.74 Å². The zero-order chi connectivity index (χ0) is 24.4. The standard InChI is InChI=1S/C26H21N5O4/c1-18-7-5-8-20(15-18)30-24(32)28-25(33)31(26(30)34)21-11-12-23(35-22-9-3-2-4-10-22)19(16-21)17-29-14-6-13-27-29/h2-16H,17H2,1H3,(H,28,32,33). The maximum Gasteiger partial charge on any atom is 0.345 e. The van der Waals surface area contributed by atoms with Crippen molar-refractivity contribution in [3.63, 3.8) is 0 Å². The lowest BCUT2D eigenvalue weighted by Crippen LogP contribution is -2.48. The van der Waals surface area contributed by atoms with E-state index < -0.39 is 17.1 Å². The topological polar surface area (TPSA) is 104 Å². The number of H-pyrrole nitrogens is 1. The number of benzene rings is 3. The first-order chi connectivity index (χ1) is 17.0. The summed E-state index contributed by atoms with van der Waals surface area (Å²) in [6.45, 7) is 2.19. The van der Waals surface area contributed by atoms with Crippen LogP contribution in [0.5, 0.6) is 11.5 Å². The fourth-order valence-corrected chi connectivity index (χ4v) is 3.81. The van der Waals surface area contributed by atoms with E-state index in [0.717, 1.165) is 14.7 Å². The molecule has 0 aliphatic carbocycles. The highest BCUT2D eigenvalue weighted by Gasteiger charge is 2.16. The molecule has 5 rings (SSSR count). The molecule has 1 N–H and O–H groups in total. The van der Waals surface area contributed by atoms with Gasteiger partial charge in [-0.15, -0.1) is 0 Å². The number of aromatic nitrogens is 5. The van der Waals surface area contributed by atoms with Crippen LogP contribution in [0.3, 0.4) is 0 Å². The summed E-state index contributed by atoms with van der Waals surface area (Å²) in [5.74, 6) is 1.19. The molecule has 3 aromatic carbocycles. The molecule has 2 aromatic heterocycles. The van der Waals surface area contributed by atoms with Crippen molar-refractivity contribution in [2.75, 3.05) is 0 Å². The molecule has 0 unspecified atom stereocenters. The first-order valence-electron chi connectivity index (χ1n) is 10.9. The molecule has 0 saturated heterocycles. The Kier molecular flexibility index (Phi) is 5.72. The van der Waals surface area contributed by atoms with E-state index in [9.17, 15) is 14.4 Å². The zero-order valence-electron chi connectivity index (χ0n) is 18.8. The van der Waals surface area contributed by atoms with Crippen LogP contribution in [0.1, 0.15) is 11.1 Å². The van der Waals surface area contributed by atoms with Crippen LogP contribution in [0, 0.1) is 6.92 Å². The average molecular weight is 467 g/mol. The Morgan fingerprint density at radius 2 is 1.57 bits per heavy atom. The van der Waals surface area contributed by atoms with Crippen molar-refractivity contribution in [2.24, 2.45) is 0 Å². The second-order valence-electron chi connectivity index (χ2n) is 7.94. The van der Waals surface area contributed by atoms with Gasteiger partial charge in [-0.25, -0.2) is 23.5 Å². The molecule has 2 heterocycles. The molecule has 0 atom stereocenters. The summed E-state index contributed by atoms with van der Waals surface area (Å²) in [6.07, 6.45) is 3.46. The first kappa shape index (κ1) is 21.9. The van der Waals surface area contributed by atoms with Gasteiger partial charge in [0, 0.05) is 18.0 Å². The van der Waals surface area contributed by atoms with Gasteiger partial charge in [-0.3, -0.25) is 9.67 Å². The number of nitrogens with one attached hydrogen (secondary N) is 1. The first-order valence-corrected chi connectivity index (χ1v) is 10.9. The maximum atomic E-state index is 13.4. The van der Waals surface area contributed by atoms with Gasteiger partial charge in [0.05, 0.1) is 17.9 Å². The predicted octanol–water partition coefficient (Wildman–Crippen LogP) is 3.02. The third-order valence-corrected chi connectivity index (χ3v) is 5.43. The Labute approximate surface area is 199 Å². The van der Waals surface area contributed by atoms with Crippen molar-refractivity contribution < 1.29 is 4.74 Å². The normalized spacial score (nSPS) is 10.9. The second kappa shape index (κ2) is 9.14. The summed E-state index contributed by atoms with van der Waals surface area (Å²) >= 11 is 0. The van der Waals surface area contributed by atoms with Crippen molar-refractivity contribution in [3.05, 3.63) is 134 Å². The monoisotopic (exact) mass is 467 g/mol. The van der Waals surface area contributed by atoms with E-state index in [2.05, 4.69) is 10.1 Å². The summed E-state index contributed by atoms with van der Waals surface area (Å²) in [5, 5.41) is 4.25. The van der Waals surface area contributed by atoms with Gasteiger partial charge in [-0.05, 0) is 61.0 Å². The molecule has 0 aliphatic heterocycles. The van der Waals surface area contributed by atoms with Crippen LogP contribution in [-0.2, 0) is 6.54 Å². The van der Waals surface area contributed by atoms with Crippen LogP contribution < -0.4 is 21.8 Å². The van der Waals surface area contributed by atoms with E-state index in [0.29, 0.717) is 35.0 Å². The summed E-state index contributed by atoms with van der Waals surface area (Å²) in [5.41, 5.74) is -0.185. The molecule has 0 radical (unpaired) electrons. The number of hydrogen-bond donors (Lipinski definition) is 1. The third kappa shape index (κ3) is 4.47. The number of hydrogen-bond acceptors (Lipinski definition) is 5. The summed E-state index contributed by atoms with van der Waals surface area (Å²) in [7, 11) is 0. The SMILES string of the molecule is Cc1cccc(-n2c(=O)[nH]c(=O)n(-c3ccc(Oc4ccccc4)c(Cn4cccn4)c3)c2=O)c1. The van der Waals surface area contributed by atoms with Crippen molar-refractivity contribution in [2.45, 2.75) is 13.5 Å².